The van der Waals surface area contributed by atoms with Crippen molar-refractivity contribution in [3.05, 3.63) is 15.0 Å². The van der Waals surface area contributed by atoms with Crippen LogP contribution in [0.15, 0.2) is 9.98 Å². The zero-order valence-electron chi connectivity index (χ0n) is 7.37. The van der Waals surface area contributed by atoms with Gasteiger partial charge in [0.1, 0.15) is 0 Å². The van der Waals surface area contributed by atoms with Crippen molar-refractivity contribution in [3.63, 3.8) is 0 Å². The molecule has 0 saturated carbocycles. The molecule has 0 fully saturated rings. The lowest BCUT2D eigenvalue weighted by Gasteiger charge is -2.16. The second-order valence-electron chi connectivity index (χ2n) is 3.42. The van der Waals surface area contributed by atoms with E-state index in [9.17, 15) is 4.79 Å². The molecule has 0 bridgehead atoms. The van der Waals surface area contributed by atoms with Crippen LogP contribution in [-0.4, -0.2) is 16.1 Å². The molecular formula is C8H10BrNO2S. The second kappa shape index (κ2) is 3.75. The molecular weight excluding hydrogens is 254 g/mol. The van der Waals surface area contributed by atoms with E-state index < -0.39 is 11.4 Å². The summed E-state index contributed by atoms with van der Waals surface area (Å²) >= 11 is 4.76. The monoisotopic (exact) mass is 263 g/mol. The number of carbonyl (C=O) groups is 1. The molecule has 3 nitrogen and oxygen atoms in total. The predicted octanol–water partition coefficient (Wildman–Crippen LogP) is 2.56. The first-order valence-corrected chi connectivity index (χ1v) is 5.36. The molecule has 1 heterocycles. The molecule has 0 saturated heterocycles. The maximum Gasteiger partial charge on any atom is 0.309 e. The quantitative estimate of drug-likeness (QED) is 0.912. The Morgan fingerprint density at radius 3 is 2.77 bits per heavy atom. The number of thiazole rings is 1. The van der Waals surface area contributed by atoms with Crippen molar-refractivity contribution in [1.82, 2.24) is 4.98 Å². The van der Waals surface area contributed by atoms with Gasteiger partial charge in [0, 0.05) is 6.42 Å². The molecule has 0 aliphatic heterocycles. The fourth-order valence-electron chi connectivity index (χ4n) is 0.823. The minimum Gasteiger partial charge on any atom is -0.481 e. The molecule has 0 amide bonds. The predicted molar refractivity (Wildman–Crippen MR) is 54.9 cm³/mol. The molecule has 1 aromatic heterocycles. The molecule has 5 heteroatoms. The van der Waals surface area contributed by atoms with Gasteiger partial charge in [0.05, 0.1) is 20.4 Å². The minimum absolute atomic E-state index is 0.471. The second-order valence-corrected chi connectivity index (χ2v) is 5.92. The number of aliphatic carboxylic acids is 1. The summed E-state index contributed by atoms with van der Waals surface area (Å²) < 4.78 is 0.934. The molecule has 0 radical (unpaired) electrons. The fraction of sp³-hybridized carbons (Fsp3) is 0.500. The number of hydrogen-bond acceptors (Lipinski definition) is 3. The Balaban J connectivity index is 2.74. The van der Waals surface area contributed by atoms with Gasteiger partial charge in [0.2, 0.25) is 0 Å². The van der Waals surface area contributed by atoms with Crippen LogP contribution in [0.5, 0.6) is 0 Å². The fourth-order valence-corrected chi connectivity index (χ4v) is 2.36. The van der Waals surface area contributed by atoms with Gasteiger partial charge < -0.3 is 5.11 Å². The van der Waals surface area contributed by atoms with E-state index >= 15 is 0 Å². The van der Waals surface area contributed by atoms with E-state index in [1.54, 1.807) is 20.0 Å². The van der Waals surface area contributed by atoms with E-state index in [-0.39, 0.29) is 0 Å². The Morgan fingerprint density at radius 1 is 1.77 bits per heavy atom. The van der Waals surface area contributed by atoms with Gasteiger partial charge >= 0.3 is 5.97 Å². The van der Waals surface area contributed by atoms with Crippen molar-refractivity contribution in [2.75, 3.05) is 0 Å². The SMILES string of the molecule is CC(C)(Cc1ncc(Br)s1)C(=O)O. The van der Waals surface area contributed by atoms with Crippen LogP contribution in [0.3, 0.4) is 0 Å². The first-order valence-electron chi connectivity index (χ1n) is 3.75. The molecule has 72 valence electrons. The van der Waals surface area contributed by atoms with E-state index in [0.29, 0.717) is 6.42 Å². The van der Waals surface area contributed by atoms with Crippen molar-refractivity contribution in [2.45, 2.75) is 20.3 Å². The number of halogens is 1. The van der Waals surface area contributed by atoms with Gasteiger partial charge in [-0.2, -0.15) is 0 Å². The van der Waals surface area contributed by atoms with Crippen LogP contribution in [0.4, 0.5) is 0 Å². The number of carboxylic acids is 1. The number of aromatic nitrogens is 1. The van der Waals surface area contributed by atoms with Crippen LogP contribution < -0.4 is 0 Å². The zero-order chi connectivity index (χ0) is 10.1. The Bertz CT molecular complexity index is 322. The molecule has 0 aliphatic carbocycles. The van der Waals surface area contributed by atoms with Crippen LogP contribution in [0, 0.1) is 5.41 Å². The Hall–Kier alpha value is -0.420. The number of carboxylic acid groups (broad SMARTS) is 1. The molecule has 0 atom stereocenters. The average Bonchev–Trinajstić information content (AvgIpc) is 2.34. The molecule has 0 aliphatic rings. The van der Waals surface area contributed by atoms with Crippen molar-refractivity contribution in [2.24, 2.45) is 5.41 Å². The molecule has 0 unspecified atom stereocenters. The minimum atomic E-state index is -0.793. The number of rotatable bonds is 3. The smallest absolute Gasteiger partial charge is 0.309 e. The van der Waals surface area contributed by atoms with Gasteiger partial charge in [-0.25, -0.2) is 4.98 Å². The third kappa shape index (κ3) is 2.77. The van der Waals surface area contributed by atoms with Gasteiger partial charge in [-0.15, -0.1) is 11.3 Å². The summed E-state index contributed by atoms with van der Waals surface area (Å²) in [6.07, 6.45) is 2.16. The highest BCUT2D eigenvalue weighted by Gasteiger charge is 2.28. The van der Waals surface area contributed by atoms with Gasteiger partial charge in [-0.05, 0) is 29.8 Å². The largest absolute Gasteiger partial charge is 0.481 e. The molecule has 0 spiro atoms. The Morgan fingerprint density at radius 2 is 2.38 bits per heavy atom. The van der Waals surface area contributed by atoms with Gasteiger partial charge in [-0.1, -0.05) is 0 Å². The lowest BCUT2D eigenvalue weighted by molar-refractivity contribution is -0.146. The molecule has 1 rings (SSSR count). The van der Waals surface area contributed by atoms with Crippen LogP contribution in [0.25, 0.3) is 0 Å². The third-order valence-corrected chi connectivity index (χ3v) is 3.17. The molecule has 13 heavy (non-hydrogen) atoms. The first kappa shape index (κ1) is 10.7. The Kier molecular flexibility index (Phi) is 3.08. The van der Waals surface area contributed by atoms with Crippen LogP contribution in [-0.2, 0) is 11.2 Å². The highest BCUT2D eigenvalue weighted by atomic mass is 79.9. The summed E-state index contributed by atoms with van der Waals surface area (Å²) in [5, 5.41) is 9.72. The molecule has 0 aromatic carbocycles. The summed E-state index contributed by atoms with van der Waals surface area (Å²) in [5.41, 5.74) is -0.739. The third-order valence-electron chi connectivity index (χ3n) is 1.70. The van der Waals surface area contributed by atoms with Crippen molar-refractivity contribution in [3.8, 4) is 0 Å². The molecule has 1 aromatic rings. The lowest BCUT2D eigenvalue weighted by Crippen LogP contribution is -2.26. The normalized spacial score (nSPS) is 11.6. The van der Waals surface area contributed by atoms with E-state index in [4.69, 9.17) is 5.11 Å². The van der Waals surface area contributed by atoms with Crippen LogP contribution in [0.1, 0.15) is 18.9 Å². The van der Waals surface area contributed by atoms with Crippen LogP contribution >= 0.6 is 27.3 Å². The van der Waals surface area contributed by atoms with Gasteiger partial charge in [-0.3, -0.25) is 4.79 Å². The summed E-state index contributed by atoms with van der Waals surface area (Å²) in [6.45, 7) is 3.40. The van der Waals surface area contributed by atoms with E-state index in [2.05, 4.69) is 20.9 Å². The number of nitrogens with zero attached hydrogens (tertiary/aromatic N) is 1. The van der Waals surface area contributed by atoms with E-state index in [1.165, 1.54) is 11.3 Å². The van der Waals surface area contributed by atoms with Crippen molar-refractivity contribution in [1.29, 1.82) is 0 Å². The first-order chi connectivity index (χ1) is 5.92. The summed E-state index contributed by atoms with van der Waals surface area (Å²) in [5.74, 6) is -0.793. The van der Waals surface area contributed by atoms with Crippen molar-refractivity contribution >= 4 is 33.2 Å². The maximum absolute atomic E-state index is 10.8. The standard InChI is InChI=1S/C8H10BrNO2S/c1-8(2,7(11)12)3-6-10-4-5(9)13-6/h4H,3H2,1-2H3,(H,11,12). The summed E-state index contributed by atoms with van der Waals surface area (Å²) in [7, 11) is 0. The summed E-state index contributed by atoms with van der Waals surface area (Å²) in [4.78, 5) is 14.9. The highest BCUT2D eigenvalue weighted by molar-refractivity contribution is 9.11. The number of hydrogen-bond donors (Lipinski definition) is 1. The zero-order valence-corrected chi connectivity index (χ0v) is 9.78. The van der Waals surface area contributed by atoms with Gasteiger partial charge in [0.15, 0.2) is 0 Å². The Labute approximate surface area is 88.9 Å². The van der Waals surface area contributed by atoms with Crippen LogP contribution in [0.2, 0.25) is 0 Å². The van der Waals surface area contributed by atoms with Crippen molar-refractivity contribution < 1.29 is 9.90 Å². The maximum atomic E-state index is 10.8. The lowest BCUT2D eigenvalue weighted by atomic mass is 9.90. The van der Waals surface area contributed by atoms with E-state index in [1.807, 2.05) is 0 Å². The molecule has 1 N–H and O–H groups in total. The van der Waals surface area contributed by atoms with E-state index in [0.717, 1.165) is 8.79 Å². The topological polar surface area (TPSA) is 50.2 Å². The highest BCUT2D eigenvalue weighted by Crippen LogP contribution is 2.27. The summed E-state index contributed by atoms with van der Waals surface area (Å²) in [6, 6.07) is 0. The average molecular weight is 264 g/mol. The van der Waals surface area contributed by atoms with Gasteiger partial charge in [0.25, 0.3) is 0 Å².